The molecule has 0 amide bonds. The fourth-order valence-corrected chi connectivity index (χ4v) is 3.01. The SMILES string of the molecule is Cc1ccc(-c2nc3c(c(-c4ccc(C)cc4)n2)CCCO3)cc1. The number of fused-ring (bicyclic) bond motifs is 1. The molecule has 1 aliphatic rings. The second-order valence-corrected chi connectivity index (χ2v) is 6.36. The third kappa shape index (κ3) is 2.78. The van der Waals surface area contributed by atoms with E-state index >= 15 is 0 Å². The lowest BCUT2D eigenvalue weighted by Crippen LogP contribution is -2.13. The van der Waals surface area contributed by atoms with Crippen LogP contribution in [0.1, 0.15) is 23.1 Å². The van der Waals surface area contributed by atoms with E-state index in [2.05, 4.69) is 67.4 Å². The molecular weight excluding hydrogens is 296 g/mol. The van der Waals surface area contributed by atoms with Gasteiger partial charge in [-0.25, -0.2) is 4.98 Å². The minimum absolute atomic E-state index is 0.727. The maximum absolute atomic E-state index is 5.84. The van der Waals surface area contributed by atoms with E-state index in [-0.39, 0.29) is 0 Å². The molecule has 3 heteroatoms. The summed E-state index contributed by atoms with van der Waals surface area (Å²) in [4.78, 5) is 9.58. The topological polar surface area (TPSA) is 35.0 Å². The van der Waals surface area contributed by atoms with Gasteiger partial charge >= 0.3 is 0 Å². The van der Waals surface area contributed by atoms with Gasteiger partial charge in [0.1, 0.15) is 0 Å². The van der Waals surface area contributed by atoms with Gasteiger partial charge in [0, 0.05) is 16.7 Å². The summed E-state index contributed by atoms with van der Waals surface area (Å²) in [6, 6.07) is 16.8. The summed E-state index contributed by atoms with van der Waals surface area (Å²) >= 11 is 0. The Morgan fingerprint density at radius 1 is 0.792 bits per heavy atom. The third-order valence-electron chi connectivity index (χ3n) is 4.41. The number of aryl methyl sites for hydroxylation is 2. The number of aromatic nitrogens is 2. The summed E-state index contributed by atoms with van der Waals surface area (Å²) in [6.45, 7) is 4.91. The molecule has 0 aliphatic carbocycles. The zero-order valence-corrected chi connectivity index (χ0v) is 14.0. The Morgan fingerprint density at radius 2 is 1.42 bits per heavy atom. The van der Waals surface area contributed by atoms with Crippen molar-refractivity contribution in [1.82, 2.24) is 9.97 Å². The highest BCUT2D eigenvalue weighted by molar-refractivity contribution is 5.69. The van der Waals surface area contributed by atoms with Crippen LogP contribution in [-0.2, 0) is 6.42 Å². The van der Waals surface area contributed by atoms with Crippen LogP contribution in [0.2, 0.25) is 0 Å². The lowest BCUT2D eigenvalue weighted by atomic mass is 10.0. The van der Waals surface area contributed by atoms with E-state index < -0.39 is 0 Å². The van der Waals surface area contributed by atoms with Gasteiger partial charge in [0.2, 0.25) is 5.88 Å². The van der Waals surface area contributed by atoms with Gasteiger partial charge in [0.05, 0.1) is 12.3 Å². The fraction of sp³-hybridized carbons (Fsp3) is 0.238. The highest BCUT2D eigenvalue weighted by Gasteiger charge is 2.20. The first-order valence-electron chi connectivity index (χ1n) is 8.38. The molecule has 2 heterocycles. The quantitative estimate of drug-likeness (QED) is 0.684. The first-order chi connectivity index (χ1) is 11.7. The molecule has 2 aromatic carbocycles. The summed E-state index contributed by atoms with van der Waals surface area (Å²) in [6.07, 6.45) is 1.98. The number of rotatable bonds is 2. The molecule has 3 nitrogen and oxygen atoms in total. The fourth-order valence-electron chi connectivity index (χ4n) is 3.01. The molecule has 1 aromatic heterocycles. The summed E-state index contributed by atoms with van der Waals surface area (Å²) in [7, 11) is 0. The monoisotopic (exact) mass is 316 g/mol. The molecule has 0 fully saturated rings. The van der Waals surface area contributed by atoms with Crippen molar-refractivity contribution in [2.75, 3.05) is 6.61 Å². The second-order valence-electron chi connectivity index (χ2n) is 6.36. The maximum atomic E-state index is 5.84. The van der Waals surface area contributed by atoms with Crippen molar-refractivity contribution in [3.05, 3.63) is 65.2 Å². The van der Waals surface area contributed by atoms with E-state index in [0.717, 1.165) is 53.5 Å². The van der Waals surface area contributed by atoms with E-state index in [9.17, 15) is 0 Å². The summed E-state index contributed by atoms with van der Waals surface area (Å²) in [5.41, 5.74) is 6.74. The van der Waals surface area contributed by atoms with Gasteiger partial charge in [-0.15, -0.1) is 0 Å². The Kier molecular flexibility index (Phi) is 3.77. The van der Waals surface area contributed by atoms with Gasteiger partial charge in [0.25, 0.3) is 0 Å². The first-order valence-corrected chi connectivity index (χ1v) is 8.38. The van der Waals surface area contributed by atoms with Crippen LogP contribution in [0.5, 0.6) is 5.88 Å². The maximum Gasteiger partial charge on any atom is 0.220 e. The van der Waals surface area contributed by atoms with E-state index in [4.69, 9.17) is 9.72 Å². The Bertz CT molecular complexity index is 868. The smallest absolute Gasteiger partial charge is 0.220 e. The van der Waals surface area contributed by atoms with Crippen molar-refractivity contribution in [3.8, 4) is 28.5 Å². The Labute approximate surface area is 142 Å². The van der Waals surface area contributed by atoms with E-state index in [0.29, 0.717) is 0 Å². The average molecular weight is 316 g/mol. The molecule has 0 N–H and O–H groups in total. The zero-order valence-electron chi connectivity index (χ0n) is 14.0. The van der Waals surface area contributed by atoms with Crippen LogP contribution in [0.3, 0.4) is 0 Å². The molecule has 0 saturated heterocycles. The largest absolute Gasteiger partial charge is 0.477 e. The Balaban J connectivity index is 1.89. The van der Waals surface area contributed by atoms with Gasteiger partial charge in [-0.1, -0.05) is 59.7 Å². The van der Waals surface area contributed by atoms with Crippen molar-refractivity contribution < 1.29 is 4.74 Å². The van der Waals surface area contributed by atoms with Crippen LogP contribution in [0.4, 0.5) is 0 Å². The lowest BCUT2D eigenvalue weighted by Gasteiger charge is -2.20. The van der Waals surface area contributed by atoms with Crippen LogP contribution in [-0.4, -0.2) is 16.6 Å². The normalized spacial score (nSPS) is 13.2. The van der Waals surface area contributed by atoms with Crippen molar-refractivity contribution in [1.29, 1.82) is 0 Å². The second kappa shape index (κ2) is 6.08. The molecule has 0 unspecified atom stereocenters. The van der Waals surface area contributed by atoms with Crippen molar-refractivity contribution in [2.45, 2.75) is 26.7 Å². The standard InChI is InChI=1S/C21H20N2O/c1-14-5-9-16(10-6-14)19-18-4-3-13-24-21(18)23-20(22-19)17-11-7-15(2)8-12-17/h5-12H,3-4,13H2,1-2H3. The van der Waals surface area contributed by atoms with E-state index in [1.807, 2.05) is 0 Å². The molecule has 0 saturated carbocycles. The van der Waals surface area contributed by atoms with Crippen LogP contribution in [0.25, 0.3) is 22.6 Å². The van der Waals surface area contributed by atoms with Crippen molar-refractivity contribution in [3.63, 3.8) is 0 Å². The number of hydrogen-bond acceptors (Lipinski definition) is 3. The number of hydrogen-bond donors (Lipinski definition) is 0. The van der Waals surface area contributed by atoms with Crippen LogP contribution < -0.4 is 4.74 Å². The molecule has 24 heavy (non-hydrogen) atoms. The van der Waals surface area contributed by atoms with Crippen molar-refractivity contribution in [2.24, 2.45) is 0 Å². The lowest BCUT2D eigenvalue weighted by molar-refractivity contribution is 0.276. The Hall–Kier alpha value is -2.68. The molecule has 120 valence electrons. The molecule has 1 aliphatic heterocycles. The molecule has 0 radical (unpaired) electrons. The predicted molar refractivity (Wildman–Crippen MR) is 96.2 cm³/mol. The molecule has 4 rings (SSSR count). The summed E-state index contributed by atoms with van der Waals surface area (Å²) < 4.78 is 5.84. The summed E-state index contributed by atoms with van der Waals surface area (Å²) in [5, 5.41) is 0. The van der Waals surface area contributed by atoms with Crippen LogP contribution in [0.15, 0.2) is 48.5 Å². The van der Waals surface area contributed by atoms with Gasteiger partial charge in [-0.3, -0.25) is 0 Å². The molecule has 0 bridgehead atoms. The predicted octanol–water partition coefficient (Wildman–Crippen LogP) is 4.75. The van der Waals surface area contributed by atoms with Gasteiger partial charge in [-0.2, -0.15) is 4.98 Å². The first kappa shape index (κ1) is 14.9. The van der Waals surface area contributed by atoms with Crippen LogP contribution >= 0.6 is 0 Å². The number of nitrogens with zero attached hydrogens (tertiary/aromatic N) is 2. The molecular formula is C21H20N2O. The highest BCUT2D eigenvalue weighted by Crippen LogP contribution is 2.34. The van der Waals surface area contributed by atoms with Crippen molar-refractivity contribution >= 4 is 0 Å². The highest BCUT2D eigenvalue weighted by atomic mass is 16.5. The number of ether oxygens (including phenoxy) is 1. The minimum Gasteiger partial charge on any atom is -0.477 e. The minimum atomic E-state index is 0.727. The average Bonchev–Trinajstić information content (AvgIpc) is 2.62. The third-order valence-corrected chi connectivity index (χ3v) is 4.41. The molecule has 0 spiro atoms. The van der Waals surface area contributed by atoms with E-state index in [1.54, 1.807) is 0 Å². The van der Waals surface area contributed by atoms with Gasteiger partial charge < -0.3 is 4.74 Å². The summed E-state index contributed by atoms with van der Waals surface area (Å²) in [5.74, 6) is 1.47. The number of benzene rings is 2. The van der Waals surface area contributed by atoms with Gasteiger partial charge in [-0.05, 0) is 26.7 Å². The molecule has 3 aromatic rings. The zero-order chi connectivity index (χ0) is 16.5. The van der Waals surface area contributed by atoms with E-state index in [1.165, 1.54) is 11.1 Å². The van der Waals surface area contributed by atoms with Crippen LogP contribution in [0, 0.1) is 13.8 Å². The Morgan fingerprint density at radius 3 is 2.08 bits per heavy atom. The van der Waals surface area contributed by atoms with Gasteiger partial charge in [0.15, 0.2) is 5.82 Å². The molecule has 0 atom stereocenters.